The maximum absolute atomic E-state index is 13.5. The summed E-state index contributed by atoms with van der Waals surface area (Å²) in [6.07, 6.45) is 0. The van der Waals surface area contributed by atoms with Crippen LogP contribution in [0.5, 0.6) is 5.75 Å². The van der Waals surface area contributed by atoms with Crippen LogP contribution in [-0.4, -0.2) is 26.0 Å². The Morgan fingerprint density at radius 2 is 1.66 bits per heavy atom. The van der Waals surface area contributed by atoms with Gasteiger partial charge >= 0.3 is 5.97 Å². The number of aryl methyl sites for hydroxylation is 1. The lowest BCUT2D eigenvalue weighted by Crippen LogP contribution is -2.34. The Morgan fingerprint density at radius 1 is 1.00 bits per heavy atom. The standard InChI is InChI=1S/C25H27NO5S/c1-18(2)16-26(32(29,30)22-7-5-4-6-8-22)23-15-19(3)9-14-24(23)31-17-20-10-12-21(13-11-20)25(27)28/h4-15,18H,16-17H2,1-3H3,(H,27,28). The van der Waals surface area contributed by atoms with Crippen LogP contribution >= 0.6 is 0 Å². The second-order valence-electron chi connectivity index (χ2n) is 8.00. The van der Waals surface area contributed by atoms with E-state index < -0.39 is 16.0 Å². The van der Waals surface area contributed by atoms with Crippen LogP contribution in [0.15, 0.2) is 77.7 Å². The number of anilines is 1. The molecule has 168 valence electrons. The molecule has 3 aromatic carbocycles. The Kier molecular flexibility index (Phi) is 7.20. The highest BCUT2D eigenvalue weighted by Gasteiger charge is 2.28. The first-order valence-corrected chi connectivity index (χ1v) is 11.8. The van der Waals surface area contributed by atoms with E-state index in [4.69, 9.17) is 9.84 Å². The summed E-state index contributed by atoms with van der Waals surface area (Å²) >= 11 is 0. The second kappa shape index (κ2) is 9.87. The van der Waals surface area contributed by atoms with Crippen LogP contribution in [0.1, 0.15) is 35.3 Å². The highest BCUT2D eigenvalue weighted by Crippen LogP contribution is 2.34. The first kappa shape index (κ1) is 23.3. The van der Waals surface area contributed by atoms with E-state index in [-0.39, 0.29) is 23.0 Å². The number of benzene rings is 3. The normalized spacial score (nSPS) is 11.4. The van der Waals surface area contributed by atoms with E-state index in [1.54, 1.807) is 48.5 Å². The van der Waals surface area contributed by atoms with Gasteiger partial charge in [0.1, 0.15) is 12.4 Å². The molecule has 0 unspecified atom stereocenters. The molecular formula is C25H27NO5S. The molecule has 0 radical (unpaired) electrons. The topological polar surface area (TPSA) is 83.9 Å². The number of carbonyl (C=O) groups is 1. The van der Waals surface area contributed by atoms with Crippen LogP contribution in [0.25, 0.3) is 0 Å². The third-order valence-corrected chi connectivity index (χ3v) is 6.63. The molecule has 0 bridgehead atoms. The average Bonchev–Trinajstić information content (AvgIpc) is 2.77. The van der Waals surface area contributed by atoms with Crippen molar-refractivity contribution in [3.8, 4) is 5.75 Å². The van der Waals surface area contributed by atoms with Crippen molar-refractivity contribution < 1.29 is 23.1 Å². The molecule has 1 N–H and O–H groups in total. The van der Waals surface area contributed by atoms with E-state index in [0.717, 1.165) is 11.1 Å². The van der Waals surface area contributed by atoms with Crippen molar-refractivity contribution in [2.45, 2.75) is 32.3 Å². The van der Waals surface area contributed by atoms with Gasteiger partial charge in [-0.2, -0.15) is 0 Å². The van der Waals surface area contributed by atoms with Gasteiger partial charge in [-0.05, 0) is 60.4 Å². The van der Waals surface area contributed by atoms with E-state index in [1.165, 1.54) is 16.4 Å². The summed E-state index contributed by atoms with van der Waals surface area (Å²) in [5, 5.41) is 9.06. The number of hydrogen-bond donors (Lipinski definition) is 1. The lowest BCUT2D eigenvalue weighted by molar-refractivity contribution is 0.0697. The molecule has 0 atom stereocenters. The maximum Gasteiger partial charge on any atom is 0.335 e. The molecule has 32 heavy (non-hydrogen) atoms. The third-order valence-electron chi connectivity index (χ3n) is 4.84. The molecule has 0 saturated heterocycles. The first-order chi connectivity index (χ1) is 15.2. The minimum atomic E-state index is -3.80. The van der Waals surface area contributed by atoms with Crippen molar-refractivity contribution in [3.63, 3.8) is 0 Å². The van der Waals surface area contributed by atoms with Crippen molar-refractivity contribution in [3.05, 3.63) is 89.5 Å². The van der Waals surface area contributed by atoms with Crippen LogP contribution < -0.4 is 9.04 Å². The molecule has 0 aliphatic heterocycles. The van der Waals surface area contributed by atoms with Gasteiger partial charge in [0, 0.05) is 6.54 Å². The Labute approximate surface area is 189 Å². The van der Waals surface area contributed by atoms with Gasteiger partial charge < -0.3 is 9.84 Å². The van der Waals surface area contributed by atoms with Crippen molar-refractivity contribution in [1.29, 1.82) is 0 Å². The number of ether oxygens (including phenoxy) is 1. The molecule has 3 aromatic rings. The van der Waals surface area contributed by atoms with Gasteiger partial charge in [-0.15, -0.1) is 0 Å². The minimum Gasteiger partial charge on any atom is -0.487 e. The highest BCUT2D eigenvalue weighted by molar-refractivity contribution is 7.92. The van der Waals surface area contributed by atoms with E-state index in [9.17, 15) is 13.2 Å². The summed E-state index contributed by atoms with van der Waals surface area (Å²) in [6.45, 7) is 6.31. The fraction of sp³-hybridized carbons (Fsp3) is 0.240. The number of aromatic carboxylic acids is 1. The third kappa shape index (κ3) is 5.48. The zero-order valence-corrected chi connectivity index (χ0v) is 19.2. The number of hydrogen-bond acceptors (Lipinski definition) is 4. The fourth-order valence-electron chi connectivity index (χ4n) is 3.23. The van der Waals surface area contributed by atoms with Crippen molar-refractivity contribution in [1.82, 2.24) is 0 Å². The van der Waals surface area contributed by atoms with E-state index in [0.29, 0.717) is 18.0 Å². The molecule has 0 aliphatic carbocycles. The number of carboxylic acid groups (broad SMARTS) is 1. The molecule has 0 spiro atoms. The van der Waals surface area contributed by atoms with Crippen molar-refractivity contribution >= 4 is 21.7 Å². The largest absolute Gasteiger partial charge is 0.487 e. The summed E-state index contributed by atoms with van der Waals surface area (Å²) in [6, 6.07) is 20.2. The number of nitrogens with zero attached hydrogens (tertiary/aromatic N) is 1. The number of carboxylic acids is 1. The molecule has 0 aromatic heterocycles. The van der Waals surface area contributed by atoms with Crippen LogP contribution in [0, 0.1) is 12.8 Å². The SMILES string of the molecule is Cc1ccc(OCc2ccc(C(=O)O)cc2)c(N(CC(C)C)S(=O)(=O)c2ccccc2)c1. The molecule has 3 rings (SSSR count). The first-order valence-electron chi connectivity index (χ1n) is 10.3. The summed E-state index contributed by atoms with van der Waals surface area (Å²) in [7, 11) is -3.80. The molecule has 0 heterocycles. The summed E-state index contributed by atoms with van der Waals surface area (Å²) in [5.74, 6) is -0.461. The quantitative estimate of drug-likeness (QED) is 0.486. The van der Waals surface area contributed by atoms with Crippen LogP contribution in [0.4, 0.5) is 5.69 Å². The van der Waals surface area contributed by atoms with Crippen LogP contribution in [-0.2, 0) is 16.6 Å². The highest BCUT2D eigenvalue weighted by atomic mass is 32.2. The number of rotatable bonds is 9. The summed E-state index contributed by atoms with van der Waals surface area (Å²) in [4.78, 5) is 11.3. The Balaban J connectivity index is 1.97. The predicted octanol–water partition coefficient (Wildman–Crippen LogP) is 5.12. The number of sulfonamides is 1. The minimum absolute atomic E-state index is 0.0883. The van der Waals surface area contributed by atoms with Gasteiger partial charge in [0.25, 0.3) is 10.0 Å². The van der Waals surface area contributed by atoms with Crippen molar-refractivity contribution in [2.24, 2.45) is 5.92 Å². The summed E-state index contributed by atoms with van der Waals surface area (Å²) in [5.41, 5.74) is 2.37. The molecule has 0 fully saturated rings. The van der Waals surface area contributed by atoms with Gasteiger partial charge in [0.05, 0.1) is 16.1 Å². The van der Waals surface area contributed by atoms with Gasteiger partial charge in [-0.1, -0.05) is 50.2 Å². The molecule has 6 nitrogen and oxygen atoms in total. The molecular weight excluding hydrogens is 426 g/mol. The Bertz CT molecular complexity index is 1170. The van der Waals surface area contributed by atoms with Crippen molar-refractivity contribution in [2.75, 3.05) is 10.8 Å². The van der Waals surface area contributed by atoms with Gasteiger partial charge in [0.2, 0.25) is 0 Å². The lowest BCUT2D eigenvalue weighted by atomic mass is 10.1. The van der Waals surface area contributed by atoms with E-state index in [1.807, 2.05) is 32.9 Å². The Hall–Kier alpha value is -3.32. The van der Waals surface area contributed by atoms with Crippen LogP contribution in [0.2, 0.25) is 0 Å². The van der Waals surface area contributed by atoms with Gasteiger partial charge in [-0.3, -0.25) is 4.31 Å². The average molecular weight is 454 g/mol. The zero-order chi connectivity index (χ0) is 23.3. The van der Waals surface area contributed by atoms with E-state index in [2.05, 4.69) is 0 Å². The fourth-order valence-corrected chi connectivity index (χ4v) is 4.88. The van der Waals surface area contributed by atoms with Gasteiger partial charge in [-0.25, -0.2) is 13.2 Å². The summed E-state index contributed by atoms with van der Waals surface area (Å²) < 4.78 is 34.5. The molecule has 0 amide bonds. The monoisotopic (exact) mass is 453 g/mol. The molecule has 0 saturated carbocycles. The zero-order valence-electron chi connectivity index (χ0n) is 18.4. The van der Waals surface area contributed by atoms with Crippen LogP contribution in [0.3, 0.4) is 0 Å². The molecule has 7 heteroatoms. The maximum atomic E-state index is 13.5. The smallest absolute Gasteiger partial charge is 0.335 e. The second-order valence-corrected chi connectivity index (χ2v) is 9.87. The Morgan fingerprint density at radius 3 is 2.25 bits per heavy atom. The lowest BCUT2D eigenvalue weighted by Gasteiger charge is -2.28. The van der Waals surface area contributed by atoms with E-state index >= 15 is 0 Å². The van der Waals surface area contributed by atoms with Gasteiger partial charge in [0.15, 0.2) is 0 Å². The molecule has 0 aliphatic rings. The predicted molar refractivity (Wildman–Crippen MR) is 125 cm³/mol.